The van der Waals surface area contributed by atoms with E-state index in [1.807, 2.05) is 25.1 Å². The summed E-state index contributed by atoms with van der Waals surface area (Å²) >= 11 is 6.02. The number of halogens is 1. The van der Waals surface area contributed by atoms with Crippen LogP contribution in [0.5, 0.6) is 5.75 Å². The van der Waals surface area contributed by atoms with Crippen molar-refractivity contribution in [2.24, 2.45) is 0 Å². The van der Waals surface area contributed by atoms with Crippen LogP contribution in [-0.4, -0.2) is 60.3 Å². The van der Waals surface area contributed by atoms with Gasteiger partial charge in [-0.1, -0.05) is 41.9 Å². The van der Waals surface area contributed by atoms with Gasteiger partial charge in [-0.2, -0.15) is 0 Å². The SMILES string of the molecule is Cc1cc(OC[C@H](O)CN2CCN(Cc3ccccc3)CC2)ccc1Cl. The fourth-order valence-corrected chi connectivity index (χ4v) is 3.34. The van der Waals surface area contributed by atoms with Crippen LogP contribution in [0.3, 0.4) is 0 Å². The fraction of sp³-hybridized carbons (Fsp3) is 0.429. The van der Waals surface area contributed by atoms with Crippen molar-refractivity contribution in [2.75, 3.05) is 39.3 Å². The Morgan fingerprint density at radius 2 is 1.73 bits per heavy atom. The molecule has 0 aromatic heterocycles. The zero-order chi connectivity index (χ0) is 18.4. The first kappa shape index (κ1) is 19.2. The molecule has 0 spiro atoms. The minimum atomic E-state index is -0.494. The van der Waals surface area contributed by atoms with Crippen molar-refractivity contribution >= 4 is 11.6 Å². The van der Waals surface area contributed by atoms with Gasteiger partial charge in [0.25, 0.3) is 0 Å². The van der Waals surface area contributed by atoms with Crippen molar-refractivity contribution in [3.63, 3.8) is 0 Å². The maximum absolute atomic E-state index is 10.3. The topological polar surface area (TPSA) is 35.9 Å². The van der Waals surface area contributed by atoms with Gasteiger partial charge in [0.05, 0.1) is 0 Å². The molecule has 1 aliphatic heterocycles. The van der Waals surface area contributed by atoms with Crippen molar-refractivity contribution in [2.45, 2.75) is 19.6 Å². The van der Waals surface area contributed by atoms with Gasteiger partial charge in [-0.05, 0) is 36.2 Å². The third-order valence-corrected chi connectivity index (χ3v) is 5.18. The third kappa shape index (κ3) is 5.71. The van der Waals surface area contributed by atoms with Gasteiger partial charge in [0.15, 0.2) is 0 Å². The smallest absolute Gasteiger partial charge is 0.119 e. The Labute approximate surface area is 160 Å². The van der Waals surface area contributed by atoms with E-state index in [1.165, 1.54) is 5.56 Å². The van der Waals surface area contributed by atoms with Crippen molar-refractivity contribution in [3.8, 4) is 5.75 Å². The van der Waals surface area contributed by atoms with Gasteiger partial charge >= 0.3 is 0 Å². The second-order valence-electron chi connectivity index (χ2n) is 6.94. The molecule has 0 saturated carbocycles. The second-order valence-corrected chi connectivity index (χ2v) is 7.35. The Balaban J connectivity index is 1.37. The molecular weight excluding hydrogens is 348 g/mol. The lowest BCUT2D eigenvalue weighted by molar-refractivity contribution is 0.0446. The van der Waals surface area contributed by atoms with Crippen LogP contribution in [0.2, 0.25) is 5.02 Å². The molecule has 0 radical (unpaired) electrons. The van der Waals surface area contributed by atoms with Crippen LogP contribution in [-0.2, 0) is 6.54 Å². The number of ether oxygens (including phenoxy) is 1. The monoisotopic (exact) mass is 374 g/mol. The van der Waals surface area contributed by atoms with E-state index in [2.05, 4.69) is 40.1 Å². The summed E-state index contributed by atoms with van der Waals surface area (Å²) in [4.78, 5) is 4.77. The predicted octanol–water partition coefficient (Wildman–Crippen LogP) is 3.21. The van der Waals surface area contributed by atoms with Gasteiger partial charge in [-0.25, -0.2) is 0 Å². The molecule has 1 saturated heterocycles. The molecule has 0 amide bonds. The van der Waals surface area contributed by atoms with Crippen LogP contribution in [0.15, 0.2) is 48.5 Å². The van der Waals surface area contributed by atoms with Gasteiger partial charge in [0.1, 0.15) is 18.5 Å². The van der Waals surface area contributed by atoms with Crippen molar-refractivity contribution in [1.82, 2.24) is 9.80 Å². The average molecular weight is 375 g/mol. The number of aryl methyl sites for hydroxylation is 1. The standard InChI is InChI=1S/C21H27ClN2O2/c1-17-13-20(7-8-21(17)22)26-16-19(25)15-24-11-9-23(10-12-24)14-18-5-3-2-4-6-18/h2-8,13,19,25H,9-12,14-16H2,1H3/t19-/m1/s1. The molecule has 1 fully saturated rings. The molecule has 0 aliphatic carbocycles. The van der Waals surface area contributed by atoms with Crippen molar-refractivity contribution < 1.29 is 9.84 Å². The van der Waals surface area contributed by atoms with Gasteiger partial charge in [0, 0.05) is 44.3 Å². The minimum absolute atomic E-state index is 0.297. The number of aliphatic hydroxyl groups is 1. The minimum Gasteiger partial charge on any atom is -0.491 e. The number of nitrogens with zero attached hydrogens (tertiary/aromatic N) is 2. The van der Waals surface area contributed by atoms with Crippen LogP contribution in [0.1, 0.15) is 11.1 Å². The molecule has 1 atom stereocenters. The zero-order valence-corrected chi connectivity index (χ0v) is 16.0. The summed E-state index contributed by atoms with van der Waals surface area (Å²) in [6, 6.07) is 16.1. The first-order valence-corrected chi connectivity index (χ1v) is 9.53. The molecule has 1 aliphatic rings. The molecule has 4 nitrogen and oxygen atoms in total. The normalized spacial score (nSPS) is 17.2. The van der Waals surface area contributed by atoms with E-state index >= 15 is 0 Å². The Morgan fingerprint density at radius 1 is 1.04 bits per heavy atom. The number of hydrogen-bond acceptors (Lipinski definition) is 4. The molecular formula is C21H27ClN2O2. The van der Waals surface area contributed by atoms with E-state index < -0.39 is 6.10 Å². The van der Waals surface area contributed by atoms with Crippen molar-refractivity contribution in [3.05, 3.63) is 64.7 Å². The average Bonchev–Trinajstić information content (AvgIpc) is 2.65. The first-order chi connectivity index (χ1) is 12.6. The summed E-state index contributed by atoms with van der Waals surface area (Å²) in [7, 11) is 0. The fourth-order valence-electron chi connectivity index (χ4n) is 3.22. The van der Waals surface area contributed by atoms with Gasteiger partial charge in [-0.15, -0.1) is 0 Å². The molecule has 0 bridgehead atoms. The molecule has 5 heteroatoms. The summed E-state index contributed by atoms with van der Waals surface area (Å²) in [5, 5.41) is 11.0. The predicted molar refractivity (Wildman–Crippen MR) is 106 cm³/mol. The number of aliphatic hydroxyl groups excluding tert-OH is 1. The molecule has 0 unspecified atom stereocenters. The summed E-state index contributed by atoms with van der Waals surface area (Å²) in [6.45, 7) is 7.89. The summed E-state index contributed by atoms with van der Waals surface area (Å²) in [5.74, 6) is 0.749. The number of hydrogen-bond donors (Lipinski definition) is 1. The Hall–Kier alpha value is -1.59. The maximum atomic E-state index is 10.3. The van der Waals surface area contributed by atoms with E-state index in [0.717, 1.165) is 49.1 Å². The molecule has 2 aromatic rings. The molecule has 3 rings (SSSR count). The highest BCUT2D eigenvalue weighted by Crippen LogP contribution is 2.21. The quantitative estimate of drug-likeness (QED) is 0.807. The largest absolute Gasteiger partial charge is 0.491 e. The maximum Gasteiger partial charge on any atom is 0.119 e. The Kier molecular flexibility index (Phi) is 6.92. The van der Waals surface area contributed by atoms with Gasteiger partial charge < -0.3 is 9.84 Å². The summed E-state index contributed by atoms with van der Waals surface area (Å²) < 4.78 is 5.70. The molecule has 26 heavy (non-hydrogen) atoms. The number of β-amino-alcohol motifs (C(OH)–C–C–N with tert-alkyl or cyclic N) is 1. The first-order valence-electron chi connectivity index (χ1n) is 9.16. The molecule has 1 heterocycles. The van der Waals surface area contributed by atoms with E-state index in [4.69, 9.17) is 16.3 Å². The van der Waals surface area contributed by atoms with Crippen LogP contribution in [0, 0.1) is 6.92 Å². The molecule has 2 aromatic carbocycles. The Bertz CT molecular complexity index is 688. The van der Waals surface area contributed by atoms with E-state index in [9.17, 15) is 5.11 Å². The highest BCUT2D eigenvalue weighted by atomic mass is 35.5. The van der Waals surface area contributed by atoms with E-state index in [1.54, 1.807) is 0 Å². The second kappa shape index (κ2) is 9.38. The lowest BCUT2D eigenvalue weighted by Gasteiger charge is -2.35. The van der Waals surface area contributed by atoms with E-state index in [-0.39, 0.29) is 0 Å². The highest BCUT2D eigenvalue weighted by molar-refractivity contribution is 6.31. The lowest BCUT2D eigenvalue weighted by atomic mass is 10.2. The van der Waals surface area contributed by atoms with Crippen LogP contribution in [0.4, 0.5) is 0 Å². The number of rotatable bonds is 7. The summed E-state index contributed by atoms with van der Waals surface area (Å²) in [5.41, 5.74) is 2.33. The van der Waals surface area contributed by atoms with Crippen LogP contribution < -0.4 is 4.74 Å². The zero-order valence-electron chi connectivity index (χ0n) is 15.3. The van der Waals surface area contributed by atoms with Crippen LogP contribution in [0.25, 0.3) is 0 Å². The number of piperazine rings is 1. The van der Waals surface area contributed by atoms with Gasteiger partial charge in [-0.3, -0.25) is 9.80 Å². The molecule has 140 valence electrons. The van der Waals surface area contributed by atoms with Gasteiger partial charge in [0.2, 0.25) is 0 Å². The Morgan fingerprint density at radius 3 is 2.42 bits per heavy atom. The number of benzene rings is 2. The summed E-state index contributed by atoms with van der Waals surface area (Å²) in [6.07, 6.45) is -0.494. The highest BCUT2D eigenvalue weighted by Gasteiger charge is 2.19. The molecule has 1 N–H and O–H groups in total. The van der Waals surface area contributed by atoms with Crippen molar-refractivity contribution in [1.29, 1.82) is 0 Å². The lowest BCUT2D eigenvalue weighted by Crippen LogP contribution is -2.48. The van der Waals surface area contributed by atoms with Crippen LogP contribution >= 0.6 is 11.6 Å². The van der Waals surface area contributed by atoms with E-state index in [0.29, 0.717) is 13.2 Å². The third-order valence-electron chi connectivity index (χ3n) is 4.75.